The summed E-state index contributed by atoms with van der Waals surface area (Å²) in [5.41, 5.74) is 1.18. The Morgan fingerprint density at radius 2 is 2.00 bits per heavy atom. The Hall–Kier alpha value is -2.84. The number of benzene rings is 2. The Morgan fingerprint density at radius 3 is 2.70 bits per heavy atom. The summed E-state index contributed by atoms with van der Waals surface area (Å²) in [5, 5.41) is 9.13. The molecule has 0 saturated carbocycles. The van der Waals surface area contributed by atoms with E-state index >= 15 is 0 Å². The maximum absolute atomic E-state index is 12.9. The van der Waals surface area contributed by atoms with E-state index in [4.69, 9.17) is 26.0 Å². The molecular formula is C17H10ClFN2O2. The number of nitrogens with zero attached hydrogens (tertiary/aromatic N) is 2. The van der Waals surface area contributed by atoms with E-state index in [2.05, 4.69) is 4.98 Å². The summed E-state index contributed by atoms with van der Waals surface area (Å²) >= 11 is 6.03. The number of hydrogen-bond donors (Lipinski definition) is 0. The van der Waals surface area contributed by atoms with Gasteiger partial charge in [-0.15, -0.1) is 0 Å². The highest BCUT2D eigenvalue weighted by Crippen LogP contribution is 2.27. The van der Waals surface area contributed by atoms with Gasteiger partial charge in [0.1, 0.15) is 11.6 Å². The molecule has 3 rings (SSSR count). The predicted octanol–water partition coefficient (Wildman–Crippen LogP) is 4.58. The lowest BCUT2D eigenvalue weighted by atomic mass is 10.2. The normalized spacial score (nSPS) is 10.3. The van der Waals surface area contributed by atoms with Gasteiger partial charge in [-0.25, -0.2) is 9.37 Å². The van der Waals surface area contributed by atoms with Gasteiger partial charge < -0.3 is 9.15 Å². The van der Waals surface area contributed by atoms with E-state index in [1.807, 2.05) is 6.07 Å². The second kappa shape index (κ2) is 6.51. The molecule has 0 aliphatic heterocycles. The lowest BCUT2D eigenvalue weighted by Gasteiger charge is -2.05. The molecule has 0 radical (unpaired) electrons. The van der Waals surface area contributed by atoms with Crippen LogP contribution >= 0.6 is 11.6 Å². The molecule has 2 aromatic carbocycles. The van der Waals surface area contributed by atoms with Gasteiger partial charge in [0.05, 0.1) is 22.9 Å². The fraction of sp³-hybridized carbons (Fsp3) is 0.0588. The van der Waals surface area contributed by atoms with Gasteiger partial charge in [0, 0.05) is 5.56 Å². The highest BCUT2D eigenvalue weighted by atomic mass is 35.5. The molecule has 23 heavy (non-hydrogen) atoms. The Labute approximate surface area is 136 Å². The van der Waals surface area contributed by atoms with Crippen LogP contribution < -0.4 is 4.74 Å². The van der Waals surface area contributed by atoms with E-state index in [1.165, 1.54) is 18.2 Å². The number of ether oxygens (including phenoxy) is 1. The second-order valence-corrected chi connectivity index (χ2v) is 5.08. The van der Waals surface area contributed by atoms with Crippen molar-refractivity contribution in [3.8, 4) is 23.1 Å². The summed E-state index contributed by atoms with van der Waals surface area (Å²) in [6.45, 7) is 0.0901. The van der Waals surface area contributed by atoms with Crippen LogP contribution in [0, 0.1) is 17.1 Å². The topological polar surface area (TPSA) is 59.0 Å². The van der Waals surface area contributed by atoms with Crippen LogP contribution in [0.5, 0.6) is 5.75 Å². The van der Waals surface area contributed by atoms with Gasteiger partial charge in [-0.05, 0) is 42.5 Å². The molecule has 0 amide bonds. The molecule has 6 heteroatoms. The van der Waals surface area contributed by atoms with Crippen LogP contribution in [-0.2, 0) is 6.61 Å². The van der Waals surface area contributed by atoms with Gasteiger partial charge >= 0.3 is 0 Å². The standard InChI is InChI=1S/C17H10ClFN2O2/c18-14-7-11(8-20)1-6-15(14)22-10-17-21-9-16(23-17)12-2-4-13(19)5-3-12/h1-7,9H,10H2. The SMILES string of the molecule is N#Cc1ccc(OCc2ncc(-c3ccc(F)cc3)o2)c(Cl)c1. The molecule has 114 valence electrons. The molecule has 0 spiro atoms. The minimum atomic E-state index is -0.313. The van der Waals surface area contributed by atoms with Crippen molar-refractivity contribution in [1.82, 2.24) is 4.98 Å². The first-order valence-electron chi connectivity index (χ1n) is 6.69. The molecule has 3 aromatic rings. The summed E-state index contributed by atoms with van der Waals surface area (Å²) < 4.78 is 24.0. The summed E-state index contributed by atoms with van der Waals surface area (Å²) in [4.78, 5) is 4.11. The van der Waals surface area contributed by atoms with E-state index in [1.54, 1.807) is 30.5 Å². The molecular weight excluding hydrogens is 319 g/mol. The van der Waals surface area contributed by atoms with Crippen molar-refractivity contribution in [3.05, 3.63) is 71.0 Å². The smallest absolute Gasteiger partial charge is 0.232 e. The highest BCUT2D eigenvalue weighted by molar-refractivity contribution is 6.32. The summed E-state index contributed by atoms with van der Waals surface area (Å²) in [6.07, 6.45) is 1.55. The van der Waals surface area contributed by atoms with Crippen LogP contribution in [0.2, 0.25) is 5.02 Å². The molecule has 1 aromatic heterocycles. The third kappa shape index (κ3) is 3.50. The lowest BCUT2D eigenvalue weighted by Crippen LogP contribution is -1.96. The predicted molar refractivity (Wildman–Crippen MR) is 82.4 cm³/mol. The zero-order valence-electron chi connectivity index (χ0n) is 11.8. The van der Waals surface area contributed by atoms with Crippen molar-refractivity contribution in [2.45, 2.75) is 6.61 Å². The maximum Gasteiger partial charge on any atom is 0.232 e. The van der Waals surface area contributed by atoms with Crippen molar-refractivity contribution >= 4 is 11.6 Å². The Morgan fingerprint density at radius 1 is 1.22 bits per heavy atom. The van der Waals surface area contributed by atoms with E-state index in [9.17, 15) is 4.39 Å². The molecule has 0 bridgehead atoms. The van der Waals surface area contributed by atoms with E-state index in [0.29, 0.717) is 28.0 Å². The molecule has 0 unspecified atom stereocenters. The van der Waals surface area contributed by atoms with E-state index in [0.717, 1.165) is 5.56 Å². The van der Waals surface area contributed by atoms with Gasteiger partial charge in [-0.1, -0.05) is 11.6 Å². The largest absolute Gasteiger partial charge is 0.482 e. The number of rotatable bonds is 4. The summed E-state index contributed by atoms with van der Waals surface area (Å²) in [6, 6.07) is 12.7. The van der Waals surface area contributed by atoms with Crippen molar-refractivity contribution in [2.24, 2.45) is 0 Å². The van der Waals surface area contributed by atoms with Crippen LogP contribution in [0.25, 0.3) is 11.3 Å². The van der Waals surface area contributed by atoms with Gasteiger partial charge in [0.2, 0.25) is 5.89 Å². The Balaban J connectivity index is 1.70. The molecule has 0 N–H and O–H groups in total. The minimum Gasteiger partial charge on any atom is -0.482 e. The first kappa shape index (κ1) is 15.1. The van der Waals surface area contributed by atoms with Crippen LogP contribution in [0.4, 0.5) is 4.39 Å². The number of hydrogen-bond acceptors (Lipinski definition) is 4. The van der Waals surface area contributed by atoms with E-state index in [-0.39, 0.29) is 12.4 Å². The summed E-state index contributed by atoms with van der Waals surface area (Å²) in [5.74, 6) is 1.01. The van der Waals surface area contributed by atoms with Gasteiger partial charge in [-0.3, -0.25) is 0 Å². The first-order chi connectivity index (χ1) is 11.2. The average molecular weight is 329 g/mol. The number of nitriles is 1. The summed E-state index contributed by atoms with van der Waals surface area (Å²) in [7, 11) is 0. The van der Waals surface area contributed by atoms with Crippen molar-refractivity contribution in [1.29, 1.82) is 5.26 Å². The van der Waals surface area contributed by atoms with Crippen molar-refractivity contribution in [3.63, 3.8) is 0 Å². The van der Waals surface area contributed by atoms with Crippen LogP contribution in [0.15, 0.2) is 53.1 Å². The average Bonchev–Trinajstić information content (AvgIpc) is 3.03. The quantitative estimate of drug-likeness (QED) is 0.703. The molecule has 0 saturated heterocycles. The van der Waals surface area contributed by atoms with Gasteiger partial charge in [0.15, 0.2) is 12.4 Å². The molecule has 0 aliphatic carbocycles. The maximum atomic E-state index is 12.9. The van der Waals surface area contributed by atoms with Gasteiger partial charge in [0.25, 0.3) is 0 Å². The first-order valence-corrected chi connectivity index (χ1v) is 7.06. The third-order valence-electron chi connectivity index (χ3n) is 3.09. The Kier molecular flexibility index (Phi) is 4.26. The zero-order valence-corrected chi connectivity index (χ0v) is 12.5. The Bertz CT molecular complexity index is 869. The van der Waals surface area contributed by atoms with Crippen molar-refractivity contribution < 1.29 is 13.5 Å². The number of aromatic nitrogens is 1. The molecule has 0 aliphatic rings. The van der Waals surface area contributed by atoms with Crippen LogP contribution in [0.1, 0.15) is 11.5 Å². The second-order valence-electron chi connectivity index (χ2n) is 4.67. The zero-order chi connectivity index (χ0) is 16.2. The van der Waals surface area contributed by atoms with Crippen LogP contribution in [-0.4, -0.2) is 4.98 Å². The number of oxazole rings is 1. The fourth-order valence-electron chi connectivity index (χ4n) is 1.95. The third-order valence-corrected chi connectivity index (χ3v) is 3.39. The van der Waals surface area contributed by atoms with E-state index < -0.39 is 0 Å². The number of halogens is 2. The van der Waals surface area contributed by atoms with Crippen LogP contribution in [0.3, 0.4) is 0 Å². The molecule has 0 atom stereocenters. The fourth-order valence-corrected chi connectivity index (χ4v) is 2.19. The monoisotopic (exact) mass is 328 g/mol. The van der Waals surface area contributed by atoms with Gasteiger partial charge in [-0.2, -0.15) is 5.26 Å². The minimum absolute atomic E-state index is 0.0901. The highest BCUT2D eigenvalue weighted by Gasteiger charge is 2.09. The molecule has 4 nitrogen and oxygen atoms in total. The van der Waals surface area contributed by atoms with Crippen molar-refractivity contribution in [2.75, 3.05) is 0 Å². The molecule has 1 heterocycles. The molecule has 0 fully saturated rings. The lowest BCUT2D eigenvalue weighted by molar-refractivity contribution is 0.265.